The lowest BCUT2D eigenvalue weighted by atomic mass is 10.0. The number of aliphatic hydroxyl groups excluding tert-OH is 1. The minimum atomic E-state index is -0.341. The molecule has 4 heteroatoms. The molecule has 2 rings (SSSR count). The number of rotatable bonds is 5. The Morgan fingerprint density at radius 2 is 2.06 bits per heavy atom. The number of nitrogens with zero attached hydrogens (tertiary/aromatic N) is 2. The molecule has 0 saturated carbocycles. The minimum Gasteiger partial charge on any atom is -0.390 e. The predicted octanol–water partition coefficient (Wildman–Crippen LogP) is 1.43. The SMILES string of the molecule is Cc1nc2c(n1CC(O)CNC(C)C)CCCC2. The summed E-state index contributed by atoms with van der Waals surface area (Å²) < 4.78 is 2.21. The number of aromatic nitrogens is 2. The Balaban J connectivity index is 2.02. The number of hydrogen-bond donors (Lipinski definition) is 2. The van der Waals surface area contributed by atoms with Gasteiger partial charge >= 0.3 is 0 Å². The fourth-order valence-corrected chi connectivity index (χ4v) is 2.62. The summed E-state index contributed by atoms with van der Waals surface area (Å²) in [7, 11) is 0. The maximum Gasteiger partial charge on any atom is 0.106 e. The van der Waals surface area contributed by atoms with Crippen LogP contribution < -0.4 is 5.32 Å². The molecule has 0 fully saturated rings. The van der Waals surface area contributed by atoms with Crippen LogP contribution in [0.2, 0.25) is 0 Å². The molecule has 1 aromatic rings. The van der Waals surface area contributed by atoms with Crippen LogP contribution in [0.3, 0.4) is 0 Å². The topological polar surface area (TPSA) is 50.1 Å². The lowest BCUT2D eigenvalue weighted by Gasteiger charge is -2.19. The molecule has 0 spiro atoms. The number of hydrogen-bond acceptors (Lipinski definition) is 3. The first-order valence-corrected chi connectivity index (χ1v) is 7.04. The standard InChI is InChI=1S/C14H25N3O/c1-10(2)15-8-12(18)9-17-11(3)16-13-6-4-5-7-14(13)17/h10,12,15,18H,4-9H2,1-3H3. The van der Waals surface area contributed by atoms with Crippen molar-refractivity contribution in [3.63, 3.8) is 0 Å². The van der Waals surface area contributed by atoms with Crippen molar-refractivity contribution in [1.82, 2.24) is 14.9 Å². The van der Waals surface area contributed by atoms with Gasteiger partial charge in [0.05, 0.1) is 18.3 Å². The highest BCUT2D eigenvalue weighted by Crippen LogP contribution is 2.22. The average Bonchev–Trinajstić information content (AvgIpc) is 2.64. The molecule has 1 aliphatic carbocycles. The van der Waals surface area contributed by atoms with Gasteiger partial charge in [-0.2, -0.15) is 0 Å². The van der Waals surface area contributed by atoms with E-state index in [-0.39, 0.29) is 6.10 Å². The highest BCUT2D eigenvalue weighted by molar-refractivity contribution is 5.20. The summed E-state index contributed by atoms with van der Waals surface area (Å²) >= 11 is 0. The summed E-state index contributed by atoms with van der Waals surface area (Å²) in [6.07, 6.45) is 4.37. The molecule has 2 N–H and O–H groups in total. The highest BCUT2D eigenvalue weighted by Gasteiger charge is 2.19. The first kappa shape index (κ1) is 13.6. The molecule has 1 atom stereocenters. The molecule has 1 unspecified atom stereocenters. The van der Waals surface area contributed by atoms with Crippen LogP contribution in [0, 0.1) is 6.92 Å². The Morgan fingerprint density at radius 1 is 1.33 bits per heavy atom. The molecule has 18 heavy (non-hydrogen) atoms. The van der Waals surface area contributed by atoms with Gasteiger partial charge in [-0.1, -0.05) is 13.8 Å². The van der Waals surface area contributed by atoms with Crippen molar-refractivity contribution in [2.24, 2.45) is 0 Å². The molecule has 0 bridgehead atoms. The average molecular weight is 251 g/mol. The Hall–Kier alpha value is -0.870. The van der Waals surface area contributed by atoms with E-state index < -0.39 is 0 Å². The second-order valence-corrected chi connectivity index (χ2v) is 5.59. The van der Waals surface area contributed by atoms with Crippen LogP contribution in [0.25, 0.3) is 0 Å². The van der Waals surface area contributed by atoms with E-state index in [1.807, 2.05) is 6.92 Å². The van der Waals surface area contributed by atoms with E-state index in [0.717, 1.165) is 18.7 Å². The van der Waals surface area contributed by atoms with E-state index in [4.69, 9.17) is 0 Å². The van der Waals surface area contributed by atoms with E-state index in [1.54, 1.807) is 0 Å². The molecule has 0 amide bonds. The second kappa shape index (κ2) is 5.85. The summed E-state index contributed by atoms with van der Waals surface area (Å²) in [6, 6.07) is 0.414. The van der Waals surface area contributed by atoms with Crippen molar-refractivity contribution in [1.29, 1.82) is 0 Å². The number of fused-ring (bicyclic) bond motifs is 1. The predicted molar refractivity (Wildman–Crippen MR) is 72.8 cm³/mol. The Kier molecular flexibility index (Phi) is 4.40. The quantitative estimate of drug-likeness (QED) is 0.832. The molecule has 102 valence electrons. The molecule has 1 aromatic heterocycles. The molecule has 0 aliphatic heterocycles. The van der Waals surface area contributed by atoms with Gasteiger partial charge in [0.2, 0.25) is 0 Å². The fourth-order valence-electron chi connectivity index (χ4n) is 2.62. The molecule has 1 heterocycles. The summed E-state index contributed by atoms with van der Waals surface area (Å²) in [5, 5.41) is 13.4. The van der Waals surface area contributed by atoms with Crippen molar-refractivity contribution < 1.29 is 5.11 Å². The number of nitrogens with one attached hydrogen (secondary N) is 1. The maximum atomic E-state index is 10.1. The zero-order valence-corrected chi connectivity index (χ0v) is 11.7. The van der Waals surface area contributed by atoms with E-state index in [0.29, 0.717) is 19.1 Å². The minimum absolute atomic E-state index is 0.341. The van der Waals surface area contributed by atoms with Crippen LogP contribution in [0.4, 0.5) is 0 Å². The van der Waals surface area contributed by atoms with Gasteiger partial charge < -0.3 is 15.0 Å². The van der Waals surface area contributed by atoms with E-state index in [9.17, 15) is 5.11 Å². The fraction of sp³-hybridized carbons (Fsp3) is 0.786. The zero-order chi connectivity index (χ0) is 13.1. The van der Waals surface area contributed by atoms with E-state index in [1.165, 1.54) is 24.2 Å². The summed E-state index contributed by atoms with van der Waals surface area (Å²) in [6.45, 7) is 7.53. The van der Waals surface area contributed by atoms with Gasteiger partial charge in [-0.3, -0.25) is 0 Å². The van der Waals surface area contributed by atoms with E-state index in [2.05, 4.69) is 28.7 Å². The lowest BCUT2D eigenvalue weighted by molar-refractivity contribution is 0.147. The maximum absolute atomic E-state index is 10.1. The molecule has 0 saturated heterocycles. The molecular weight excluding hydrogens is 226 g/mol. The lowest BCUT2D eigenvalue weighted by Crippen LogP contribution is -2.34. The van der Waals surface area contributed by atoms with Gasteiger partial charge in [-0.15, -0.1) is 0 Å². The largest absolute Gasteiger partial charge is 0.390 e. The molecular formula is C14H25N3O. The zero-order valence-electron chi connectivity index (χ0n) is 11.7. The summed E-state index contributed by atoms with van der Waals surface area (Å²) in [4.78, 5) is 4.63. The third-order valence-corrected chi connectivity index (χ3v) is 3.58. The van der Waals surface area contributed by atoms with Gasteiger partial charge in [-0.25, -0.2) is 4.98 Å². The second-order valence-electron chi connectivity index (χ2n) is 5.59. The monoisotopic (exact) mass is 251 g/mol. The van der Waals surface area contributed by atoms with Crippen molar-refractivity contribution in [2.75, 3.05) is 6.54 Å². The third-order valence-electron chi connectivity index (χ3n) is 3.58. The van der Waals surface area contributed by atoms with Gasteiger partial charge in [0.25, 0.3) is 0 Å². The summed E-state index contributed by atoms with van der Waals surface area (Å²) in [5.74, 6) is 1.05. The van der Waals surface area contributed by atoms with Crippen LogP contribution in [-0.2, 0) is 19.4 Å². The third kappa shape index (κ3) is 3.12. The van der Waals surface area contributed by atoms with Crippen molar-refractivity contribution >= 4 is 0 Å². The number of aliphatic hydroxyl groups is 1. The Labute approximate surface area is 109 Å². The van der Waals surface area contributed by atoms with Crippen LogP contribution in [0.5, 0.6) is 0 Å². The van der Waals surface area contributed by atoms with Crippen LogP contribution in [0.15, 0.2) is 0 Å². The van der Waals surface area contributed by atoms with Gasteiger partial charge in [-0.05, 0) is 32.6 Å². The first-order valence-electron chi connectivity index (χ1n) is 7.04. The first-order chi connectivity index (χ1) is 8.58. The van der Waals surface area contributed by atoms with Crippen molar-refractivity contribution in [3.8, 4) is 0 Å². The highest BCUT2D eigenvalue weighted by atomic mass is 16.3. The molecule has 4 nitrogen and oxygen atoms in total. The van der Waals surface area contributed by atoms with Crippen molar-refractivity contribution in [3.05, 3.63) is 17.2 Å². The Morgan fingerprint density at radius 3 is 2.78 bits per heavy atom. The van der Waals surface area contributed by atoms with Gasteiger partial charge in [0.15, 0.2) is 0 Å². The van der Waals surface area contributed by atoms with Crippen LogP contribution in [0.1, 0.15) is 43.9 Å². The molecule has 1 aliphatic rings. The van der Waals surface area contributed by atoms with E-state index >= 15 is 0 Å². The Bertz CT molecular complexity index is 398. The molecule has 0 radical (unpaired) electrons. The normalized spacial score (nSPS) is 16.9. The molecule has 0 aromatic carbocycles. The van der Waals surface area contributed by atoms with Crippen LogP contribution in [-0.4, -0.2) is 33.3 Å². The number of imidazole rings is 1. The van der Waals surface area contributed by atoms with Gasteiger partial charge in [0.1, 0.15) is 5.82 Å². The van der Waals surface area contributed by atoms with Crippen LogP contribution >= 0.6 is 0 Å². The van der Waals surface area contributed by atoms with Crippen molar-refractivity contribution in [2.45, 2.75) is 65.1 Å². The summed E-state index contributed by atoms with van der Waals surface area (Å²) in [5.41, 5.74) is 2.60. The van der Waals surface area contributed by atoms with Gasteiger partial charge in [0, 0.05) is 18.3 Å². The number of aryl methyl sites for hydroxylation is 2. The smallest absolute Gasteiger partial charge is 0.106 e.